The summed E-state index contributed by atoms with van der Waals surface area (Å²) in [5.74, 6) is 1.97. The lowest BCUT2D eigenvalue weighted by atomic mass is 9.80. The number of nitrogens with one attached hydrogen (secondary N) is 1. The van der Waals surface area contributed by atoms with Crippen LogP contribution in [0.15, 0.2) is 18.2 Å². The predicted molar refractivity (Wildman–Crippen MR) is 72.4 cm³/mol. The average Bonchev–Trinajstić information content (AvgIpc) is 2.27. The first-order valence-corrected chi connectivity index (χ1v) is 6.62. The Morgan fingerprint density at radius 1 is 1.24 bits per heavy atom. The molecule has 0 aliphatic heterocycles. The molecule has 2 N–H and O–H groups in total. The predicted octanol–water partition coefficient (Wildman–Crippen LogP) is 3.94. The van der Waals surface area contributed by atoms with Crippen LogP contribution in [0.25, 0.3) is 0 Å². The minimum absolute atomic E-state index is 0.376. The lowest BCUT2D eigenvalue weighted by molar-refractivity contribution is 0.276. The third-order valence-corrected chi connectivity index (χ3v) is 3.98. The molecule has 3 atom stereocenters. The minimum atomic E-state index is 0.376. The van der Waals surface area contributed by atoms with Crippen LogP contribution >= 0.6 is 0 Å². The van der Waals surface area contributed by atoms with Crippen molar-refractivity contribution in [1.82, 2.24) is 0 Å². The van der Waals surface area contributed by atoms with Crippen LogP contribution in [0.3, 0.4) is 0 Å². The van der Waals surface area contributed by atoms with Crippen molar-refractivity contribution in [2.75, 3.05) is 5.32 Å². The van der Waals surface area contributed by atoms with Crippen LogP contribution in [-0.4, -0.2) is 11.1 Å². The van der Waals surface area contributed by atoms with Gasteiger partial charge in [-0.2, -0.15) is 0 Å². The van der Waals surface area contributed by atoms with Gasteiger partial charge >= 0.3 is 0 Å². The van der Waals surface area contributed by atoms with E-state index in [-0.39, 0.29) is 0 Å². The van der Waals surface area contributed by atoms with Crippen molar-refractivity contribution in [2.45, 2.75) is 46.1 Å². The molecule has 0 spiro atoms. The van der Waals surface area contributed by atoms with Gasteiger partial charge in [0.15, 0.2) is 0 Å². The lowest BCUT2D eigenvalue weighted by Crippen LogP contribution is -2.32. The van der Waals surface area contributed by atoms with E-state index in [2.05, 4.69) is 19.2 Å². The molecule has 0 amide bonds. The second-order valence-electron chi connectivity index (χ2n) is 5.65. The molecular weight excluding hydrogens is 210 g/mol. The van der Waals surface area contributed by atoms with Crippen molar-refractivity contribution in [3.05, 3.63) is 23.8 Å². The molecule has 1 fully saturated rings. The number of phenolic OH excluding ortho intramolecular Hbond substituents is 1. The van der Waals surface area contributed by atoms with Gasteiger partial charge in [-0.05, 0) is 61.8 Å². The molecule has 0 heterocycles. The molecule has 0 bridgehead atoms. The number of benzene rings is 1. The number of aryl methyl sites for hydroxylation is 1. The van der Waals surface area contributed by atoms with E-state index in [1.807, 2.05) is 19.1 Å². The van der Waals surface area contributed by atoms with Gasteiger partial charge in [0.1, 0.15) is 5.75 Å². The van der Waals surface area contributed by atoms with E-state index in [0.717, 1.165) is 23.1 Å². The SMILES string of the molecule is Cc1cc(NC2CCC(C)CC2C)ccc1O. The van der Waals surface area contributed by atoms with Crippen LogP contribution in [0.5, 0.6) is 5.75 Å². The molecule has 1 aromatic carbocycles. The third-order valence-electron chi connectivity index (χ3n) is 3.98. The van der Waals surface area contributed by atoms with Crippen LogP contribution in [0, 0.1) is 18.8 Å². The topological polar surface area (TPSA) is 32.3 Å². The Morgan fingerprint density at radius 2 is 2.00 bits per heavy atom. The molecule has 94 valence electrons. The van der Waals surface area contributed by atoms with Crippen molar-refractivity contribution in [3.63, 3.8) is 0 Å². The van der Waals surface area contributed by atoms with E-state index in [9.17, 15) is 5.11 Å². The lowest BCUT2D eigenvalue weighted by Gasteiger charge is -2.34. The molecule has 0 aromatic heterocycles. The van der Waals surface area contributed by atoms with E-state index in [0.29, 0.717) is 11.8 Å². The Hall–Kier alpha value is -1.18. The molecule has 1 saturated carbocycles. The summed E-state index contributed by atoms with van der Waals surface area (Å²) in [4.78, 5) is 0. The van der Waals surface area contributed by atoms with Crippen molar-refractivity contribution < 1.29 is 5.11 Å². The maximum Gasteiger partial charge on any atom is 0.118 e. The average molecular weight is 233 g/mol. The Kier molecular flexibility index (Phi) is 3.60. The van der Waals surface area contributed by atoms with Gasteiger partial charge in [0.05, 0.1) is 0 Å². The van der Waals surface area contributed by atoms with Gasteiger partial charge in [-0.25, -0.2) is 0 Å². The number of phenols is 1. The Bertz CT molecular complexity index is 389. The highest BCUT2D eigenvalue weighted by Crippen LogP contribution is 2.31. The van der Waals surface area contributed by atoms with Gasteiger partial charge in [0.25, 0.3) is 0 Å². The molecule has 17 heavy (non-hydrogen) atoms. The number of rotatable bonds is 2. The number of hydrogen-bond acceptors (Lipinski definition) is 2. The van der Waals surface area contributed by atoms with Crippen LogP contribution in [0.1, 0.15) is 38.7 Å². The largest absolute Gasteiger partial charge is 0.508 e. The number of hydrogen-bond donors (Lipinski definition) is 2. The second-order valence-corrected chi connectivity index (χ2v) is 5.65. The summed E-state index contributed by atoms with van der Waals surface area (Å²) < 4.78 is 0. The monoisotopic (exact) mass is 233 g/mol. The molecule has 2 nitrogen and oxygen atoms in total. The van der Waals surface area contributed by atoms with E-state index in [1.165, 1.54) is 19.3 Å². The van der Waals surface area contributed by atoms with Crippen molar-refractivity contribution in [1.29, 1.82) is 0 Å². The zero-order valence-corrected chi connectivity index (χ0v) is 11.0. The maximum absolute atomic E-state index is 9.51. The van der Waals surface area contributed by atoms with Gasteiger partial charge in [-0.1, -0.05) is 13.8 Å². The summed E-state index contributed by atoms with van der Waals surface area (Å²) in [6, 6.07) is 6.34. The van der Waals surface area contributed by atoms with E-state index < -0.39 is 0 Å². The standard InChI is InChI=1S/C15H23NO/c1-10-4-6-14(11(2)8-10)16-13-5-7-15(17)12(3)9-13/h5,7,9-11,14,16-17H,4,6,8H2,1-3H3. The number of anilines is 1. The van der Waals surface area contributed by atoms with Crippen LogP contribution < -0.4 is 5.32 Å². The summed E-state index contributed by atoms with van der Waals surface area (Å²) in [7, 11) is 0. The summed E-state index contributed by atoms with van der Waals surface area (Å²) in [6.45, 7) is 6.62. The first kappa shape index (κ1) is 12.3. The first-order chi connectivity index (χ1) is 8.06. The van der Waals surface area contributed by atoms with Gasteiger partial charge in [0, 0.05) is 11.7 Å². The minimum Gasteiger partial charge on any atom is -0.508 e. The molecule has 2 heteroatoms. The molecule has 1 aliphatic rings. The molecule has 2 rings (SSSR count). The Morgan fingerprint density at radius 3 is 2.65 bits per heavy atom. The summed E-state index contributed by atoms with van der Waals surface area (Å²) in [5.41, 5.74) is 2.07. The van der Waals surface area contributed by atoms with Crippen molar-refractivity contribution >= 4 is 5.69 Å². The van der Waals surface area contributed by atoms with E-state index in [4.69, 9.17) is 0 Å². The number of aromatic hydroxyl groups is 1. The Balaban J connectivity index is 2.02. The molecule has 3 unspecified atom stereocenters. The van der Waals surface area contributed by atoms with Crippen LogP contribution in [0.2, 0.25) is 0 Å². The Labute approximate surface area is 104 Å². The van der Waals surface area contributed by atoms with Gasteiger partial charge in [-0.3, -0.25) is 0 Å². The van der Waals surface area contributed by atoms with E-state index >= 15 is 0 Å². The fourth-order valence-corrected chi connectivity index (χ4v) is 2.84. The molecule has 0 saturated heterocycles. The highest BCUT2D eigenvalue weighted by Gasteiger charge is 2.25. The van der Waals surface area contributed by atoms with Gasteiger partial charge in [-0.15, -0.1) is 0 Å². The van der Waals surface area contributed by atoms with Crippen molar-refractivity contribution in [2.24, 2.45) is 11.8 Å². The normalized spacial score (nSPS) is 29.0. The van der Waals surface area contributed by atoms with Crippen LogP contribution in [-0.2, 0) is 0 Å². The third kappa shape index (κ3) is 2.93. The quantitative estimate of drug-likeness (QED) is 0.758. The van der Waals surface area contributed by atoms with Crippen LogP contribution in [0.4, 0.5) is 5.69 Å². The summed E-state index contributed by atoms with van der Waals surface area (Å²) >= 11 is 0. The van der Waals surface area contributed by atoms with E-state index in [1.54, 1.807) is 6.07 Å². The van der Waals surface area contributed by atoms with Gasteiger partial charge < -0.3 is 10.4 Å². The fraction of sp³-hybridized carbons (Fsp3) is 0.600. The summed E-state index contributed by atoms with van der Waals surface area (Å²) in [6.07, 6.45) is 3.88. The molecule has 0 radical (unpaired) electrons. The smallest absolute Gasteiger partial charge is 0.118 e. The zero-order chi connectivity index (χ0) is 12.4. The first-order valence-electron chi connectivity index (χ1n) is 6.62. The van der Waals surface area contributed by atoms with Gasteiger partial charge in [0.2, 0.25) is 0 Å². The highest BCUT2D eigenvalue weighted by atomic mass is 16.3. The summed E-state index contributed by atoms with van der Waals surface area (Å²) in [5, 5.41) is 13.1. The molecular formula is C15H23NO. The fourth-order valence-electron chi connectivity index (χ4n) is 2.84. The zero-order valence-electron chi connectivity index (χ0n) is 11.0. The van der Waals surface area contributed by atoms with Crippen molar-refractivity contribution in [3.8, 4) is 5.75 Å². The maximum atomic E-state index is 9.51. The highest BCUT2D eigenvalue weighted by molar-refractivity contribution is 5.51. The molecule has 1 aromatic rings. The molecule has 1 aliphatic carbocycles. The second kappa shape index (κ2) is 4.99.